The van der Waals surface area contributed by atoms with Crippen molar-refractivity contribution in [3.05, 3.63) is 93.7 Å². The molecule has 4 aromatic rings. The van der Waals surface area contributed by atoms with Gasteiger partial charge in [0.25, 0.3) is 0 Å². The number of hydrogen-bond acceptors (Lipinski definition) is 3. The van der Waals surface area contributed by atoms with E-state index in [-0.39, 0.29) is 40.1 Å². The first-order valence-corrected chi connectivity index (χ1v) is 10.6. The van der Waals surface area contributed by atoms with E-state index >= 15 is 0 Å². The summed E-state index contributed by atoms with van der Waals surface area (Å²) in [6.07, 6.45) is 0. The highest BCUT2D eigenvalue weighted by molar-refractivity contribution is 7.80. The molecule has 2 heterocycles. The Morgan fingerprint density at radius 2 is 1.19 bits per heavy atom. The molecule has 0 aliphatic rings. The van der Waals surface area contributed by atoms with Crippen molar-refractivity contribution in [1.82, 2.24) is 19.6 Å². The molecule has 0 bridgehead atoms. The fourth-order valence-corrected chi connectivity index (χ4v) is 3.65. The normalized spacial score (nSPS) is 10.9. The van der Waals surface area contributed by atoms with Crippen molar-refractivity contribution in [2.75, 3.05) is 10.6 Å². The standard InChI is InChI=1S/C21H16Cl2F2N6S/c22-17-9-19(30(28-17)11-13-5-1-3-7-15(13)24)26-21(32)27-20-10-18(23)29-31(20)12-14-6-2-4-8-16(14)25/h1-10H,11-12H2,(H2,26,27,32). The van der Waals surface area contributed by atoms with Crippen LogP contribution in [-0.2, 0) is 13.1 Å². The van der Waals surface area contributed by atoms with Crippen LogP contribution >= 0.6 is 35.4 Å². The summed E-state index contributed by atoms with van der Waals surface area (Å²) in [5.74, 6) is 0.221. The summed E-state index contributed by atoms with van der Waals surface area (Å²) in [5, 5.41) is 15.0. The molecule has 6 nitrogen and oxygen atoms in total. The van der Waals surface area contributed by atoms with E-state index < -0.39 is 0 Å². The lowest BCUT2D eigenvalue weighted by atomic mass is 10.2. The number of thiocarbonyl (C=S) groups is 1. The van der Waals surface area contributed by atoms with Crippen molar-refractivity contribution in [1.29, 1.82) is 0 Å². The van der Waals surface area contributed by atoms with E-state index in [4.69, 9.17) is 35.4 Å². The maximum Gasteiger partial charge on any atom is 0.177 e. The summed E-state index contributed by atoms with van der Waals surface area (Å²) >= 11 is 17.5. The summed E-state index contributed by atoms with van der Waals surface area (Å²) in [6.45, 7) is 0.308. The average molecular weight is 493 g/mol. The fourth-order valence-electron chi connectivity index (χ4n) is 3.05. The number of halogens is 4. The maximum atomic E-state index is 14.0. The molecule has 32 heavy (non-hydrogen) atoms. The third-order valence-corrected chi connectivity index (χ3v) is 5.11. The smallest absolute Gasteiger partial charge is 0.177 e. The van der Waals surface area contributed by atoms with Crippen LogP contribution in [0.5, 0.6) is 0 Å². The molecule has 0 aliphatic heterocycles. The summed E-state index contributed by atoms with van der Waals surface area (Å²) in [7, 11) is 0. The molecule has 0 unspecified atom stereocenters. The van der Waals surface area contributed by atoms with Crippen molar-refractivity contribution in [3.63, 3.8) is 0 Å². The van der Waals surface area contributed by atoms with Crippen LogP contribution in [0.3, 0.4) is 0 Å². The molecule has 2 N–H and O–H groups in total. The van der Waals surface area contributed by atoms with Gasteiger partial charge in [-0.1, -0.05) is 59.6 Å². The second-order valence-corrected chi connectivity index (χ2v) is 7.96. The van der Waals surface area contributed by atoms with Crippen molar-refractivity contribution >= 4 is 52.2 Å². The third kappa shape index (κ3) is 5.24. The fraction of sp³-hybridized carbons (Fsp3) is 0.0952. The van der Waals surface area contributed by atoms with Gasteiger partial charge in [0.05, 0.1) is 13.1 Å². The minimum atomic E-state index is -0.350. The monoisotopic (exact) mass is 492 g/mol. The van der Waals surface area contributed by atoms with E-state index in [0.29, 0.717) is 22.8 Å². The van der Waals surface area contributed by atoms with Gasteiger partial charge in [0, 0.05) is 23.3 Å². The number of rotatable bonds is 6. The molecule has 0 fully saturated rings. The first-order valence-electron chi connectivity index (χ1n) is 9.40. The van der Waals surface area contributed by atoms with Crippen LogP contribution in [0.2, 0.25) is 10.3 Å². The zero-order valence-electron chi connectivity index (χ0n) is 16.4. The van der Waals surface area contributed by atoms with Gasteiger partial charge in [0.2, 0.25) is 0 Å². The molecule has 0 saturated carbocycles. The molecule has 164 valence electrons. The summed E-state index contributed by atoms with van der Waals surface area (Å²) in [4.78, 5) is 0. The highest BCUT2D eigenvalue weighted by Crippen LogP contribution is 2.21. The molecular weight excluding hydrogens is 477 g/mol. The van der Waals surface area contributed by atoms with Gasteiger partial charge in [-0.05, 0) is 24.4 Å². The largest absolute Gasteiger partial charge is 0.317 e. The molecule has 0 atom stereocenters. The second kappa shape index (κ2) is 9.64. The lowest BCUT2D eigenvalue weighted by Crippen LogP contribution is -2.23. The molecule has 0 aliphatic carbocycles. The number of anilines is 2. The van der Waals surface area contributed by atoms with E-state index in [1.807, 2.05) is 0 Å². The Morgan fingerprint density at radius 3 is 1.59 bits per heavy atom. The van der Waals surface area contributed by atoms with Gasteiger partial charge in [-0.2, -0.15) is 10.2 Å². The lowest BCUT2D eigenvalue weighted by molar-refractivity contribution is 0.587. The van der Waals surface area contributed by atoms with E-state index in [2.05, 4.69) is 20.8 Å². The molecule has 0 radical (unpaired) electrons. The summed E-state index contributed by atoms with van der Waals surface area (Å²) in [6, 6.07) is 15.9. The Labute approximate surface area is 197 Å². The third-order valence-electron chi connectivity index (χ3n) is 4.54. The zero-order valence-corrected chi connectivity index (χ0v) is 18.7. The van der Waals surface area contributed by atoms with Crippen molar-refractivity contribution in [3.8, 4) is 0 Å². The number of nitrogens with one attached hydrogen (secondary N) is 2. The molecule has 0 amide bonds. The summed E-state index contributed by atoms with van der Waals surface area (Å²) < 4.78 is 31.1. The Balaban J connectivity index is 1.50. The molecule has 2 aromatic carbocycles. The van der Waals surface area contributed by atoms with Gasteiger partial charge in [0.1, 0.15) is 23.3 Å². The van der Waals surface area contributed by atoms with E-state index in [0.717, 1.165) is 0 Å². The maximum absolute atomic E-state index is 14.0. The molecule has 4 rings (SSSR count). The van der Waals surface area contributed by atoms with Gasteiger partial charge in [-0.25, -0.2) is 18.1 Å². The molecule has 0 saturated heterocycles. The number of nitrogens with zero attached hydrogens (tertiary/aromatic N) is 4. The predicted molar refractivity (Wildman–Crippen MR) is 125 cm³/mol. The van der Waals surface area contributed by atoms with Crippen molar-refractivity contribution in [2.45, 2.75) is 13.1 Å². The van der Waals surface area contributed by atoms with Gasteiger partial charge in [-0.3, -0.25) is 0 Å². The van der Waals surface area contributed by atoms with Gasteiger partial charge in [0.15, 0.2) is 15.4 Å². The van der Waals surface area contributed by atoms with Gasteiger partial charge in [-0.15, -0.1) is 0 Å². The molecule has 2 aromatic heterocycles. The SMILES string of the molecule is Fc1ccccc1Cn1nc(Cl)cc1NC(=S)Nc1cc(Cl)nn1Cc1ccccc1F. The molecular formula is C21H16Cl2F2N6S. The molecule has 11 heteroatoms. The van der Waals surface area contributed by atoms with E-state index in [1.165, 1.54) is 21.5 Å². The quantitative estimate of drug-likeness (QED) is 0.344. The highest BCUT2D eigenvalue weighted by atomic mass is 35.5. The minimum absolute atomic E-state index is 0.154. The average Bonchev–Trinajstić information content (AvgIpc) is 3.26. The minimum Gasteiger partial charge on any atom is -0.317 e. The lowest BCUT2D eigenvalue weighted by Gasteiger charge is -2.14. The van der Waals surface area contributed by atoms with Crippen molar-refractivity contribution < 1.29 is 8.78 Å². The molecule has 0 spiro atoms. The van der Waals surface area contributed by atoms with Gasteiger partial charge >= 0.3 is 0 Å². The summed E-state index contributed by atoms with van der Waals surface area (Å²) in [5.41, 5.74) is 0.896. The van der Waals surface area contributed by atoms with E-state index in [1.54, 1.807) is 48.5 Å². The highest BCUT2D eigenvalue weighted by Gasteiger charge is 2.14. The van der Waals surface area contributed by atoms with Crippen LogP contribution in [0.4, 0.5) is 20.4 Å². The van der Waals surface area contributed by atoms with Crippen LogP contribution < -0.4 is 10.6 Å². The van der Waals surface area contributed by atoms with Crippen molar-refractivity contribution in [2.24, 2.45) is 0 Å². The number of aromatic nitrogens is 4. The van der Waals surface area contributed by atoms with Crippen LogP contribution in [0.15, 0.2) is 60.7 Å². The van der Waals surface area contributed by atoms with Crippen LogP contribution in [0.1, 0.15) is 11.1 Å². The predicted octanol–water partition coefficient (Wildman–Crippen LogP) is 5.57. The Kier molecular flexibility index (Phi) is 6.69. The Morgan fingerprint density at radius 1 is 0.781 bits per heavy atom. The first kappa shape index (κ1) is 22.2. The van der Waals surface area contributed by atoms with Crippen LogP contribution in [-0.4, -0.2) is 24.7 Å². The van der Waals surface area contributed by atoms with Crippen LogP contribution in [0.25, 0.3) is 0 Å². The first-order chi connectivity index (χ1) is 15.4. The topological polar surface area (TPSA) is 59.7 Å². The Bertz CT molecular complexity index is 1180. The number of benzene rings is 2. The van der Waals surface area contributed by atoms with E-state index in [9.17, 15) is 8.78 Å². The second-order valence-electron chi connectivity index (χ2n) is 6.78. The Hall–Kier alpha value is -3.01. The number of hydrogen-bond donors (Lipinski definition) is 2. The van der Waals surface area contributed by atoms with Crippen LogP contribution in [0, 0.1) is 11.6 Å². The van der Waals surface area contributed by atoms with Gasteiger partial charge < -0.3 is 10.6 Å². The zero-order chi connectivity index (χ0) is 22.7.